The number of nitriles is 2. The van der Waals surface area contributed by atoms with Gasteiger partial charge < -0.3 is 9.47 Å². The van der Waals surface area contributed by atoms with E-state index in [4.69, 9.17) is 20.0 Å². The monoisotopic (exact) mass is 278 g/mol. The minimum absolute atomic E-state index is 0.360. The number of hydrogen-bond donors (Lipinski definition) is 0. The predicted molar refractivity (Wildman–Crippen MR) is 77.9 cm³/mol. The van der Waals surface area contributed by atoms with Crippen LogP contribution in [0.4, 0.5) is 0 Å². The van der Waals surface area contributed by atoms with Crippen LogP contribution in [0.5, 0.6) is 11.5 Å². The second-order valence-electron chi connectivity index (χ2n) is 4.28. The SMILES string of the molecule is N#CCc1ccc(OCCOc2ccccc2C#N)cc1. The molecule has 21 heavy (non-hydrogen) atoms. The molecule has 0 radical (unpaired) electrons. The van der Waals surface area contributed by atoms with Crippen molar-refractivity contribution in [1.82, 2.24) is 0 Å². The molecule has 4 nitrogen and oxygen atoms in total. The second kappa shape index (κ2) is 7.57. The van der Waals surface area contributed by atoms with Crippen LogP contribution in [0.25, 0.3) is 0 Å². The van der Waals surface area contributed by atoms with Gasteiger partial charge in [0.1, 0.15) is 30.8 Å². The maximum absolute atomic E-state index is 8.94. The molecule has 2 aromatic rings. The summed E-state index contributed by atoms with van der Waals surface area (Å²) in [7, 11) is 0. The topological polar surface area (TPSA) is 66.0 Å². The fourth-order valence-corrected chi connectivity index (χ4v) is 1.79. The minimum Gasteiger partial charge on any atom is -0.490 e. The molecule has 0 fully saturated rings. The van der Waals surface area contributed by atoms with Crippen LogP contribution in [0, 0.1) is 22.7 Å². The van der Waals surface area contributed by atoms with Crippen molar-refractivity contribution >= 4 is 0 Å². The summed E-state index contributed by atoms with van der Waals surface area (Å²) in [5.41, 5.74) is 1.47. The molecule has 0 aromatic heterocycles. The fraction of sp³-hybridized carbons (Fsp3) is 0.176. The zero-order valence-electron chi connectivity index (χ0n) is 11.5. The molecule has 0 amide bonds. The van der Waals surface area contributed by atoms with Gasteiger partial charge in [-0.15, -0.1) is 0 Å². The summed E-state index contributed by atoms with van der Waals surface area (Å²) < 4.78 is 11.1. The third-order valence-electron chi connectivity index (χ3n) is 2.82. The molecular weight excluding hydrogens is 264 g/mol. The zero-order valence-corrected chi connectivity index (χ0v) is 11.5. The first-order chi connectivity index (χ1) is 10.3. The highest BCUT2D eigenvalue weighted by atomic mass is 16.5. The number of ether oxygens (including phenoxy) is 2. The van der Waals surface area contributed by atoms with Crippen molar-refractivity contribution in [2.45, 2.75) is 6.42 Å². The predicted octanol–water partition coefficient (Wildman–Crippen LogP) is 3.08. The largest absolute Gasteiger partial charge is 0.490 e. The van der Waals surface area contributed by atoms with Crippen LogP contribution in [0.15, 0.2) is 48.5 Å². The van der Waals surface area contributed by atoms with Crippen molar-refractivity contribution in [3.63, 3.8) is 0 Å². The van der Waals surface area contributed by atoms with Crippen LogP contribution in [-0.2, 0) is 6.42 Å². The summed E-state index contributed by atoms with van der Waals surface area (Å²) in [5.74, 6) is 1.29. The van der Waals surface area contributed by atoms with Crippen LogP contribution in [0.2, 0.25) is 0 Å². The van der Waals surface area contributed by atoms with Crippen LogP contribution in [0.3, 0.4) is 0 Å². The van der Waals surface area contributed by atoms with E-state index in [1.54, 1.807) is 18.2 Å². The van der Waals surface area contributed by atoms with Crippen molar-refractivity contribution in [1.29, 1.82) is 10.5 Å². The van der Waals surface area contributed by atoms with Gasteiger partial charge in [-0.1, -0.05) is 24.3 Å². The summed E-state index contributed by atoms with van der Waals surface area (Å²) in [6.45, 7) is 0.746. The number of para-hydroxylation sites is 1. The van der Waals surface area contributed by atoms with Crippen molar-refractivity contribution in [2.75, 3.05) is 13.2 Å². The molecular formula is C17H14N2O2. The first-order valence-electron chi connectivity index (χ1n) is 6.54. The van der Waals surface area contributed by atoms with Crippen molar-refractivity contribution < 1.29 is 9.47 Å². The van der Waals surface area contributed by atoms with Crippen LogP contribution in [-0.4, -0.2) is 13.2 Å². The number of nitrogens with zero attached hydrogens (tertiary/aromatic N) is 2. The lowest BCUT2D eigenvalue weighted by atomic mass is 10.2. The Kier molecular flexibility index (Phi) is 5.20. The van der Waals surface area contributed by atoms with Crippen LogP contribution >= 0.6 is 0 Å². The number of benzene rings is 2. The smallest absolute Gasteiger partial charge is 0.137 e. The van der Waals surface area contributed by atoms with E-state index in [0.29, 0.717) is 30.9 Å². The summed E-state index contributed by atoms with van der Waals surface area (Å²) in [6.07, 6.45) is 0.397. The van der Waals surface area contributed by atoms with Gasteiger partial charge in [0.2, 0.25) is 0 Å². The molecule has 2 rings (SSSR count). The van der Waals surface area contributed by atoms with E-state index in [9.17, 15) is 0 Å². The van der Waals surface area contributed by atoms with E-state index >= 15 is 0 Å². The van der Waals surface area contributed by atoms with E-state index in [1.807, 2.05) is 30.3 Å². The summed E-state index contributed by atoms with van der Waals surface area (Å²) in [4.78, 5) is 0. The van der Waals surface area contributed by atoms with Gasteiger partial charge in [-0.2, -0.15) is 10.5 Å². The molecule has 104 valence electrons. The van der Waals surface area contributed by atoms with Crippen LogP contribution in [0.1, 0.15) is 11.1 Å². The normalized spacial score (nSPS) is 9.43. The average Bonchev–Trinajstić information content (AvgIpc) is 2.54. The van der Waals surface area contributed by atoms with Gasteiger partial charge >= 0.3 is 0 Å². The van der Waals surface area contributed by atoms with Crippen molar-refractivity contribution in [3.05, 3.63) is 59.7 Å². The molecule has 0 spiro atoms. The molecule has 0 aliphatic heterocycles. The zero-order chi connectivity index (χ0) is 14.9. The van der Waals surface area contributed by atoms with Gasteiger partial charge in [0.05, 0.1) is 18.1 Å². The Morgan fingerprint density at radius 1 is 0.857 bits per heavy atom. The molecule has 0 bridgehead atoms. The molecule has 4 heteroatoms. The van der Waals surface area contributed by atoms with E-state index in [0.717, 1.165) is 11.3 Å². The quantitative estimate of drug-likeness (QED) is 0.761. The maximum atomic E-state index is 8.94. The highest BCUT2D eigenvalue weighted by Gasteiger charge is 2.01. The fourth-order valence-electron chi connectivity index (χ4n) is 1.79. The average molecular weight is 278 g/mol. The molecule has 0 saturated heterocycles. The lowest BCUT2D eigenvalue weighted by Crippen LogP contribution is -2.09. The first kappa shape index (κ1) is 14.4. The summed E-state index contributed by atoms with van der Waals surface area (Å²) >= 11 is 0. The molecule has 2 aromatic carbocycles. The number of hydrogen-bond acceptors (Lipinski definition) is 4. The van der Waals surface area contributed by atoms with Gasteiger partial charge in [-0.05, 0) is 29.8 Å². The molecule has 0 aliphatic carbocycles. The lowest BCUT2D eigenvalue weighted by molar-refractivity contribution is 0.217. The molecule has 0 saturated carbocycles. The molecule has 0 atom stereocenters. The van der Waals surface area contributed by atoms with Gasteiger partial charge in [-0.3, -0.25) is 0 Å². The molecule has 0 aliphatic rings. The highest BCUT2D eigenvalue weighted by Crippen LogP contribution is 2.16. The highest BCUT2D eigenvalue weighted by molar-refractivity contribution is 5.42. The first-order valence-corrected chi connectivity index (χ1v) is 6.54. The Labute approximate surface area is 123 Å². The third kappa shape index (κ3) is 4.26. The second-order valence-corrected chi connectivity index (χ2v) is 4.28. The van der Waals surface area contributed by atoms with Gasteiger partial charge in [0, 0.05) is 0 Å². The van der Waals surface area contributed by atoms with Gasteiger partial charge in [0.25, 0.3) is 0 Å². The summed E-state index contributed by atoms with van der Waals surface area (Å²) in [6, 6.07) is 18.7. The van der Waals surface area contributed by atoms with E-state index in [1.165, 1.54) is 0 Å². The Hall–Kier alpha value is -2.98. The molecule has 0 N–H and O–H groups in total. The maximum Gasteiger partial charge on any atom is 0.137 e. The van der Waals surface area contributed by atoms with Crippen LogP contribution < -0.4 is 9.47 Å². The van der Waals surface area contributed by atoms with E-state index < -0.39 is 0 Å². The van der Waals surface area contributed by atoms with Crippen molar-refractivity contribution in [2.24, 2.45) is 0 Å². The van der Waals surface area contributed by atoms with E-state index in [2.05, 4.69) is 12.1 Å². The third-order valence-corrected chi connectivity index (χ3v) is 2.82. The Morgan fingerprint density at radius 3 is 2.29 bits per heavy atom. The molecule has 0 heterocycles. The van der Waals surface area contributed by atoms with E-state index in [-0.39, 0.29) is 0 Å². The van der Waals surface area contributed by atoms with Gasteiger partial charge in [0.15, 0.2) is 0 Å². The Bertz CT molecular complexity index is 666. The lowest BCUT2D eigenvalue weighted by Gasteiger charge is -2.09. The molecule has 0 unspecified atom stereocenters. The summed E-state index contributed by atoms with van der Waals surface area (Å²) in [5, 5.41) is 17.5. The number of rotatable bonds is 6. The Balaban J connectivity index is 1.80. The standard InChI is InChI=1S/C17H14N2O2/c18-10-9-14-5-7-16(8-6-14)20-11-12-21-17-4-2-1-3-15(17)13-19/h1-8H,9,11-12H2. The van der Waals surface area contributed by atoms with Gasteiger partial charge in [-0.25, -0.2) is 0 Å². The Morgan fingerprint density at radius 2 is 1.57 bits per heavy atom. The van der Waals surface area contributed by atoms with Crippen molar-refractivity contribution in [3.8, 4) is 23.6 Å². The minimum atomic E-state index is 0.360.